The Morgan fingerprint density at radius 3 is 2.62 bits per heavy atom. The van der Waals surface area contributed by atoms with Crippen molar-refractivity contribution in [2.45, 2.75) is 45.9 Å². The predicted octanol–water partition coefficient (Wildman–Crippen LogP) is 6.30. The maximum atomic E-state index is 13.4. The van der Waals surface area contributed by atoms with Crippen LogP contribution in [-0.2, 0) is 20.9 Å². The van der Waals surface area contributed by atoms with Gasteiger partial charge in [-0.3, -0.25) is 4.79 Å². The van der Waals surface area contributed by atoms with E-state index in [-0.39, 0.29) is 18.4 Å². The predicted molar refractivity (Wildman–Crippen MR) is 150 cm³/mol. The normalized spacial score (nSPS) is 16.5. The molecule has 1 atom stereocenters. The third-order valence-corrected chi connectivity index (χ3v) is 6.99. The van der Waals surface area contributed by atoms with Gasteiger partial charge >= 0.3 is 5.97 Å². The molecule has 3 aromatic rings. The van der Waals surface area contributed by atoms with Gasteiger partial charge in [0, 0.05) is 5.70 Å². The summed E-state index contributed by atoms with van der Waals surface area (Å²) >= 11 is 1.43. The number of esters is 1. The molecule has 1 unspecified atom stereocenters. The first-order valence-corrected chi connectivity index (χ1v) is 13.5. The number of ether oxygens (including phenoxy) is 2. The average molecular weight is 544 g/mol. The molecule has 0 spiro atoms. The fraction of sp³-hybridized carbons (Fsp3) is 0.233. The Morgan fingerprint density at radius 1 is 1.08 bits per heavy atom. The van der Waals surface area contributed by atoms with E-state index in [2.05, 4.69) is 5.32 Å². The second-order valence-corrected chi connectivity index (χ2v) is 10.2. The summed E-state index contributed by atoms with van der Waals surface area (Å²) in [5.41, 5.74) is 2.55. The molecule has 9 heteroatoms. The molecule has 3 heterocycles. The highest BCUT2D eigenvalue weighted by Gasteiger charge is 2.41. The van der Waals surface area contributed by atoms with Gasteiger partial charge in [0.15, 0.2) is 5.17 Å². The van der Waals surface area contributed by atoms with Crippen LogP contribution < -0.4 is 10.1 Å². The van der Waals surface area contributed by atoms with Gasteiger partial charge in [0.1, 0.15) is 17.3 Å². The number of nitrogens with zero attached hydrogens (tertiary/aromatic N) is 2. The number of aliphatic imine (C=N–C) groups is 1. The molecule has 0 bridgehead atoms. The molecule has 1 N–H and O–H groups in total. The van der Waals surface area contributed by atoms with Crippen LogP contribution in [0.3, 0.4) is 0 Å². The first kappa shape index (κ1) is 26.4. The van der Waals surface area contributed by atoms with Crippen LogP contribution in [0.1, 0.15) is 44.6 Å². The summed E-state index contributed by atoms with van der Waals surface area (Å²) in [7, 11) is 0. The number of rotatable bonds is 9. The van der Waals surface area contributed by atoms with Crippen LogP contribution in [-0.4, -0.2) is 28.0 Å². The van der Waals surface area contributed by atoms with Crippen molar-refractivity contribution in [1.29, 1.82) is 0 Å². The fourth-order valence-electron chi connectivity index (χ4n) is 4.42. The van der Waals surface area contributed by atoms with Gasteiger partial charge in [0.25, 0.3) is 0 Å². The summed E-state index contributed by atoms with van der Waals surface area (Å²) in [6.07, 6.45) is 1.38. The monoisotopic (exact) mass is 543 g/mol. The van der Waals surface area contributed by atoms with Crippen molar-refractivity contribution in [2.75, 3.05) is 0 Å². The van der Waals surface area contributed by atoms with E-state index < -0.39 is 12.0 Å². The van der Waals surface area contributed by atoms with E-state index in [1.165, 1.54) is 11.8 Å². The Kier molecular flexibility index (Phi) is 7.88. The number of benzene rings is 2. The van der Waals surface area contributed by atoms with E-state index in [1.54, 1.807) is 18.4 Å². The van der Waals surface area contributed by atoms with Gasteiger partial charge < -0.3 is 24.1 Å². The second-order valence-electron chi connectivity index (χ2n) is 9.37. The Morgan fingerprint density at radius 2 is 1.87 bits per heavy atom. The van der Waals surface area contributed by atoms with Crippen molar-refractivity contribution in [3.63, 3.8) is 0 Å². The van der Waals surface area contributed by atoms with Crippen molar-refractivity contribution in [3.05, 3.63) is 107 Å². The maximum absolute atomic E-state index is 13.4. The van der Waals surface area contributed by atoms with Gasteiger partial charge in [0.2, 0.25) is 5.91 Å². The summed E-state index contributed by atoms with van der Waals surface area (Å²) in [6, 6.07) is 20.2. The summed E-state index contributed by atoms with van der Waals surface area (Å²) in [4.78, 5) is 33.0. The lowest BCUT2D eigenvalue weighted by molar-refractivity contribution is -0.143. The molecule has 39 heavy (non-hydrogen) atoms. The van der Waals surface area contributed by atoms with Crippen molar-refractivity contribution < 1.29 is 23.5 Å². The molecule has 0 saturated heterocycles. The minimum absolute atomic E-state index is 0.106. The van der Waals surface area contributed by atoms with E-state index in [9.17, 15) is 9.59 Å². The van der Waals surface area contributed by atoms with Crippen LogP contribution in [0.4, 0.5) is 0 Å². The standard InChI is InChI=1S/C30H29N3O5S/c1-19(2)37-29(35)27-20(3)32-30-33(22(18-39-30)16-26(34)31-17-25-13-8-14-36-25)28(27)21-9-7-12-24(15-21)38-23-10-5-4-6-11-23/h4-15,18-19,28H,16-17H2,1-3H3,(H,31,34). The van der Waals surface area contributed by atoms with Gasteiger partial charge in [-0.1, -0.05) is 42.1 Å². The fourth-order valence-corrected chi connectivity index (χ4v) is 5.39. The maximum Gasteiger partial charge on any atom is 0.338 e. The molecule has 5 rings (SSSR count). The number of para-hydroxylation sites is 1. The number of furan rings is 1. The van der Waals surface area contributed by atoms with Gasteiger partial charge in [-0.2, -0.15) is 0 Å². The van der Waals surface area contributed by atoms with E-state index in [4.69, 9.17) is 18.9 Å². The number of fused-ring (bicyclic) bond motifs is 1. The molecule has 2 aliphatic rings. The van der Waals surface area contributed by atoms with Crippen LogP contribution >= 0.6 is 11.8 Å². The molecule has 1 amide bonds. The van der Waals surface area contributed by atoms with Gasteiger partial charge in [-0.15, -0.1) is 0 Å². The van der Waals surface area contributed by atoms with Crippen LogP contribution in [0.5, 0.6) is 11.5 Å². The minimum atomic E-state index is -0.554. The van der Waals surface area contributed by atoms with Crippen LogP contribution in [0, 0.1) is 0 Å². The highest BCUT2D eigenvalue weighted by Crippen LogP contribution is 2.45. The van der Waals surface area contributed by atoms with Crippen molar-refractivity contribution >= 4 is 28.8 Å². The van der Waals surface area contributed by atoms with Crippen molar-refractivity contribution in [2.24, 2.45) is 4.99 Å². The molecule has 1 aromatic heterocycles. The highest BCUT2D eigenvalue weighted by molar-refractivity contribution is 8.16. The van der Waals surface area contributed by atoms with Gasteiger partial charge in [0.05, 0.1) is 42.6 Å². The minimum Gasteiger partial charge on any atom is -0.467 e. The van der Waals surface area contributed by atoms with Crippen molar-refractivity contribution in [1.82, 2.24) is 10.2 Å². The molecule has 8 nitrogen and oxygen atoms in total. The van der Waals surface area contributed by atoms with Crippen molar-refractivity contribution in [3.8, 4) is 11.5 Å². The van der Waals surface area contributed by atoms with Crippen LogP contribution in [0.15, 0.2) is 105 Å². The highest BCUT2D eigenvalue weighted by atomic mass is 32.2. The van der Waals surface area contributed by atoms with E-state index in [0.717, 1.165) is 11.3 Å². The zero-order valence-electron chi connectivity index (χ0n) is 21.9. The van der Waals surface area contributed by atoms with Crippen LogP contribution in [0.2, 0.25) is 0 Å². The van der Waals surface area contributed by atoms with E-state index >= 15 is 0 Å². The number of amidine groups is 1. The third-order valence-electron chi connectivity index (χ3n) is 6.10. The SMILES string of the molecule is CC1=C(C(=O)OC(C)C)C(c2cccc(Oc3ccccc3)c2)N2C(CC(=O)NCc3ccco3)=CSC2=N1. The molecule has 0 aliphatic carbocycles. The Bertz CT molecular complexity index is 1440. The summed E-state index contributed by atoms with van der Waals surface area (Å²) in [5.74, 6) is 1.40. The summed E-state index contributed by atoms with van der Waals surface area (Å²) < 4.78 is 17.1. The average Bonchev–Trinajstić information content (AvgIpc) is 3.57. The lowest BCUT2D eigenvalue weighted by Gasteiger charge is -2.36. The number of carbonyl (C=O) groups is 2. The van der Waals surface area contributed by atoms with E-state index in [0.29, 0.717) is 40.2 Å². The van der Waals surface area contributed by atoms with Gasteiger partial charge in [-0.25, -0.2) is 9.79 Å². The summed E-state index contributed by atoms with van der Waals surface area (Å²) in [5, 5.41) is 5.50. The number of thioether (sulfide) groups is 1. The number of carbonyl (C=O) groups excluding carboxylic acids is 2. The number of nitrogens with one attached hydrogen (secondary N) is 1. The topological polar surface area (TPSA) is 93.4 Å². The zero-order valence-corrected chi connectivity index (χ0v) is 22.7. The van der Waals surface area contributed by atoms with E-state index in [1.807, 2.05) is 85.7 Å². The lowest BCUT2D eigenvalue weighted by Crippen LogP contribution is -2.38. The number of hydrogen-bond donors (Lipinski definition) is 1. The Labute approximate surface area is 231 Å². The lowest BCUT2D eigenvalue weighted by atomic mass is 9.93. The molecular formula is C30H29N3O5S. The molecular weight excluding hydrogens is 514 g/mol. The van der Waals surface area contributed by atoms with Crippen LogP contribution in [0.25, 0.3) is 0 Å². The quantitative estimate of drug-likeness (QED) is 0.316. The molecule has 0 radical (unpaired) electrons. The molecule has 2 aromatic carbocycles. The first-order chi connectivity index (χ1) is 18.9. The third kappa shape index (κ3) is 6.09. The Balaban J connectivity index is 1.46. The first-order valence-electron chi connectivity index (χ1n) is 12.7. The van der Waals surface area contributed by atoms with Gasteiger partial charge in [-0.05, 0) is 68.1 Å². The molecule has 200 valence electrons. The Hall–Kier alpha value is -4.24. The summed E-state index contributed by atoms with van der Waals surface area (Å²) in [6.45, 7) is 5.73. The molecule has 0 saturated carbocycles. The smallest absolute Gasteiger partial charge is 0.338 e. The number of allylic oxidation sites excluding steroid dienone is 1. The zero-order chi connectivity index (χ0) is 27.4. The number of hydrogen-bond acceptors (Lipinski definition) is 8. The number of amides is 1. The molecule has 0 fully saturated rings. The second kappa shape index (κ2) is 11.7. The molecule has 2 aliphatic heterocycles. The largest absolute Gasteiger partial charge is 0.467 e.